The highest BCUT2D eigenvalue weighted by Crippen LogP contribution is 2.31. The zero-order chi connectivity index (χ0) is 12.5. The lowest BCUT2D eigenvalue weighted by Crippen LogP contribution is -2.22. The van der Waals surface area contributed by atoms with Gasteiger partial charge in [-0.3, -0.25) is 0 Å². The van der Waals surface area contributed by atoms with E-state index in [0.717, 1.165) is 18.4 Å². The first-order valence-electron chi connectivity index (χ1n) is 6.00. The third-order valence-corrected chi connectivity index (χ3v) is 3.52. The molecule has 0 unspecified atom stereocenters. The number of carbonyl (C=O) groups excluding carboxylic acids is 1. The predicted molar refractivity (Wildman–Crippen MR) is 70.3 cm³/mol. The maximum absolute atomic E-state index is 11.7. The standard InChI is InChI=1S/C14H12ClNO2/c15-11-6-4-9(5-7-11)8-12-14(17)18-13(16-12)10-2-1-3-10/h4-8,10H,1-3H2/b12-8+. The van der Waals surface area contributed by atoms with Gasteiger partial charge in [-0.2, -0.15) is 0 Å². The molecule has 1 heterocycles. The molecule has 1 aliphatic heterocycles. The second-order valence-electron chi connectivity index (χ2n) is 4.55. The van der Waals surface area contributed by atoms with Gasteiger partial charge < -0.3 is 4.74 Å². The van der Waals surface area contributed by atoms with E-state index < -0.39 is 0 Å². The third kappa shape index (κ3) is 2.18. The highest BCUT2D eigenvalue weighted by molar-refractivity contribution is 6.30. The SMILES string of the molecule is O=C1OC(C2CCC2)=N/C1=C/c1ccc(Cl)cc1. The number of halogens is 1. The Hall–Kier alpha value is -1.61. The van der Waals surface area contributed by atoms with Crippen molar-refractivity contribution in [3.8, 4) is 0 Å². The van der Waals surface area contributed by atoms with Gasteiger partial charge in [-0.1, -0.05) is 30.2 Å². The molecule has 0 atom stereocenters. The van der Waals surface area contributed by atoms with E-state index in [-0.39, 0.29) is 5.97 Å². The topological polar surface area (TPSA) is 38.7 Å². The first kappa shape index (κ1) is 11.5. The van der Waals surface area contributed by atoms with Crippen LogP contribution >= 0.6 is 11.6 Å². The highest BCUT2D eigenvalue weighted by atomic mass is 35.5. The number of benzene rings is 1. The predicted octanol–water partition coefficient (Wildman–Crippen LogP) is 3.44. The van der Waals surface area contributed by atoms with Crippen LogP contribution in [0.3, 0.4) is 0 Å². The molecule has 2 aliphatic rings. The van der Waals surface area contributed by atoms with Gasteiger partial charge in [0, 0.05) is 10.9 Å². The Kier molecular flexibility index (Phi) is 2.92. The number of cyclic esters (lactones) is 1. The smallest absolute Gasteiger partial charge is 0.363 e. The Morgan fingerprint density at radius 2 is 2.00 bits per heavy atom. The number of ether oxygens (including phenoxy) is 1. The summed E-state index contributed by atoms with van der Waals surface area (Å²) in [6.07, 6.45) is 5.06. The van der Waals surface area contributed by atoms with Crippen LogP contribution in [0.4, 0.5) is 0 Å². The lowest BCUT2D eigenvalue weighted by molar-refractivity contribution is -0.130. The van der Waals surface area contributed by atoms with Crippen molar-refractivity contribution in [2.24, 2.45) is 10.9 Å². The number of esters is 1. The van der Waals surface area contributed by atoms with Crippen LogP contribution in [0.2, 0.25) is 5.02 Å². The fourth-order valence-corrected chi connectivity index (χ4v) is 2.10. The summed E-state index contributed by atoms with van der Waals surface area (Å²) >= 11 is 5.81. The van der Waals surface area contributed by atoms with E-state index in [9.17, 15) is 4.79 Å². The van der Waals surface area contributed by atoms with Crippen molar-refractivity contribution in [3.05, 3.63) is 40.5 Å². The molecule has 0 amide bonds. The molecule has 0 bridgehead atoms. The lowest BCUT2D eigenvalue weighted by atomic mass is 9.85. The molecule has 0 saturated heterocycles. The summed E-state index contributed by atoms with van der Waals surface area (Å²) in [4.78, 5) is 16.0. The second kappa shape index (κ2) is 4.58. The summed E-state index contributed by atoms with van der Waals surface area (Å²) in [5, 5.41) is 0.671. The molecule has 18 heavy (non-hydrogen) atoms. The van der Waals surface area contributed by atoms with Gasteiger partial charge in [0.25, 0.3) is 0 Å². The first-order chi connectivity index (χ1) is 8.72. The minimum Gasteiger partial charge on any atom is -0.406 e. The first-order valence-corrected chi connectivity index (χ1v) is 6.38. The molecule has 1 aromatic rings. The second-order valence-corrected chi connectivity index (χ2v) is 4.98. The molecular weight excluding hydrogens is 250 g/mol. The van der Waals surface area contributed by atoms with Crippen LogP contribution in [0.15, 0.2) is 35.0 Å². The lowest BCUT2D eigenvalue weighted by Gasteiger charge is -2.23. The maximum Gasteiger partial charge on any atom is 0.363 e. The molecule has 0 spiro atoms. The van der Waals surface area contributed by atoms with Gasteiger partial charge in [-0.25, -0.2) is 9.79 Å². The molecule has 1 fully saturated rings. The zero-order valence-electron chi connectivity index (χ0n) is 9.73. The maximum atomic E-state index is 11.7. The molecule has 1 aromatic carbocycles. The minimum absolute atomic E-state index is 0.338. The molecule has 0 aromatic heterocycles. The fourth-order valence-electron chi connectivity index (χ4n) is 1.97. The van der Waals surface area contributed by atoms with E-state index in [1.807, 2.05) is 12.1 Å². The number of carbonyl (C=O) groups is 1. The molecule has 92 valence electrons. The van der Waals surface area contributed by atoms with Crippen molar-refractivity contribution in [2.75, 3.05) is 0 Å². The van der Waals surface area contributed by atoms with Gasteiger partial charge in [0.1, 0.15) is 0 Å². The summed E-state index contributed by atoms with van der Waals surface area (Å²) in [6.45, 7) is 0. The van der Waals surface area contributed by atoms with Crippen molar-refractivity contribution in [1.82, 2.24) is 0 Å². The van der Waals surface area contributed by atoms with E-state index in [2.05, 4.69) is 4.99 Å². The van der Waals surface area contributed by atoms with Crippen molar-refractivity contribution in [1.29, 1.82) is 0 Å². The van der Waals surface area contributed by atoms with Crippen molar-refractivity contribution < 1.29 is 9.53 Å². The summed E-state index contributed by atoms with van der Waals surface area (Å²) in [5.41, 5.74) is 1.27. The largest absolute Gasteiger partial charge is 0.406 e. The van der Waals surface area contributed by atoms with Crippen LogP contribution in [0.25, 0.3) is 6.08 Å². The average molecular weight is 262 g/mol. The monoisotopic (exact) mass is 261 g/mol. The van der Waals surface area contributed by atoms with Crippen molar-refractivity contribution in [3.63, 3.8) is 0 Å². The van der Waals surface area contributed by atoms with E-state index in [1.54, 1.807) is 18.2 Å². The Balaban J connectivity index is 1.84. The molecule has 1 saturated carbocycles. The summed E-state index contributed by atoms with van der Waals surface area (Å²) in [5.74, 6) is 0.573. The molecule has 3 rings (SSSR count). The molecule has 0 N–H and O–H groups in total. The van der Waals surface area contributed by atoms with Crippen molar-refractivity contribution >= 4 is 29.5 Å². The zero-order valence-corrected chi connectivity index (χ0v) is 10.5. The van der Waals surface area contributed by atoms with Crippen LogP contribution in [-0.2, 0) is 9.53 Å². The Morgan fingerprint density at radius 3 is 2.61 bits per heavy atom. The van der Waals surface area contributed by atoms with E-state index in [1.165, 1.54) is 6.42 Å². The Labute approximate surface area is 110 Å². The van der Waals surface area contributed by atoms with E-state index >= 15 is 0 Å². The number of rotatable bonds is 2. The van der Waals surface area contributed by atoms with Crippen LogP contribution in [0, 0.1) is 5.92 Å². The van der Waals surface area contributed by atoms with E-state index in [0.29, 0.717) is 22.5 Å². The normalized spacial score (nSPS) is 21.7. The Bertz CT molecular complexity index is 541. The van der Waals surface area contributed by atoms with Gasteiger partial charge in [0.15, 0.2) is 5.70 Å². The summed E-state index contributed by atoms with van der Waals surface area (Å²) < 4.78 is 5.19. The number of hydrogen-bond acceptors (Lipinski definition) is 3. The van der Waals surface area contributed by atoms with Gasteiger partial charge >= 0.3 is 5.97 Å². The molecule has 1 aliphatic carbocycles. The molecular formula is C14H12ClNO2. The molecule has 0 radical (unpaired) electrons. The van der Waals surface area contributed by atoms with Crippen LogP contribution in [-0.4, -0.2) is 11.9 Å². The van der Waals surface area contributed by atoms with Gasteiger partial charge in [-0.05, 0) is 36.6 Å². The number of nitrogens with zero attached hydrogens (tertiary/aromatic N) is 1. The molecule has 3 nitrogen and oxygen atoms in total. The average Bonchev–Trinajstić information content (AvgIpc) is 2.61. The van der Waals surface area contributed by atoms with Crippen LogP contribution in [0.5, 0.6) is 0 Å². The highest BCUT2D eigenvalue weighted by Gasteiger charge is 2.32. The number of aliphatic imine (C=N–C) groups is 1. The minimum atomic E-state index is -0.355. The van der Waals surface area contributed by atoms with Crippen molar-refractivity contribution in [2.45, 2.75) is 19.3 Å². The van der Waals surface area contributed by atoms with Gasteiger partial charge in [-0.15, -0.1) is 0 Å². The van der Waals surface area contributed by atoms with E-state index in [4.69, 9.17) is 16.3 Å². The van der Waals surface area contributed by atoms with Crippen LogP contribution in [0.1, 0.15) is 24.8 Å². The third-order valence-electron chi connectivity index (χ3n) is 3.26. The summed E-state index contributed by atoms with van der Waals surface area (Å²) in [7, 11) is 0. The molecule has 4 heteroatoms. The number of hydrogen-bond donors (Lipinski definition) is 0. The quantitative estimate of drug-likeness (QED) is 0.604. The fraction of sp³-hybridized carbons (Fsp3) is 0.286. The summed E-state index contributed by atoms with van der Waals surface area (Å²) in [6, 6.07) is 7.26. The van der Waals surface area contributed by atoms with Crippen LogP contribution < -0.4 is 0 Å². The Morgan fingerprint density at radius 1 is 1.28 bits per heavy atom. The van der Waals surface area contributed by atoms with Gasteiger partial charge in [0.05, 0.1) is 0 Å². The van der Waals surface area contributed by atoms with Gasteiger partial charge in [0.2, 0.25) is 5.90 Å².